The van der Waals surface area contributed by atoms with E-state index in [0.717, 1.165) is 56.1 Å². The lowest BCUT2D eigenvalue weighted by Gasteiger charge is -2.13. The first-order valence-electron chi connectivity index (χ1n) is 14.9. The molecular formula is C36H48O6. The van der Waals surface area contributed by atoms with Gasteiger partial charge in [-0.1, -0.05) is 80.9 Å². The zero-order valence-corrected chi connectivity index (χ0v) is 26.0. The number of rotatable bonds is 20. The van der Waals surface area contributed by atoms with Gasteiger partial charge in [0.25, 0.3) is 0 Å². The lowest BCUT2D eigenvalue weighted by Crippen LogP contribution is -2.08. The summed E-state index contributed by atoms with van der Waals surface area (Å²) in [5.41, 5.74) is 1.78. The van der Waals surface area contributed by atoms with Crippen LogP contribution in [0, 0.1) is 0 Å². The molecule has 0 fully saturated rings. The number of esters is 1. The first kappa shape index (κ1) is 34.3. The van der Waals surface area contributed by atoms with Crippen molar-refractivity contribution < 1.29 is 28.5 Å². The lowest BCUT2D eigenvalue weighted by atomic mass is 10.1. The molecule has 2 aromatic rings. The molecule has 228 valence electrons. The van der Waals surface area contributed by atoms with Gasteiger partial charge in [-0.3, -0.25) is 4.79 Å². The van der Waals surface area contributed by atoms with Crippen LogP contribution in [-0.4, -0.2) is 34.4 Å². The number of carbonyl (C=O) groups excluding carboxylic acids is 1. The molecule has 0 heterocycles. The molecule has 0 amide bonds. The van der Waals surface area contributed by atoms with Crippen molar-refractivity contribution in [2.75, 3.05) is 28.4 Å². The van der Waals surface area contributed by atoms with Crippen LogP contribution in [0.25, 0.3) is 12.2 Å². The second-order valence-corrected chi connectivity index (χ2v) is 9.78. The molecule has 2 aromatic carbocycles. The summed E-state index contributed by atoms with van der Waals surface area (Å²) in [6.45, 7) is 2.15. The summed E-state index contributed by atoms with van der Waals surface area (Å²) in [6, 6.07) is 9.23. The van der Waals surface area contributed by atoms with E-state index in [4.69, 9.17) is 23.7 Å². The second kappa shape index (κ2) is 20.9. The molecule has 6 heteroatoms. The second-order valence-electron chi connectivity index (χ2n) is 9.78. The van der Waals surface area contributed by atoms with E-state index in [-0.39, 0.29) is 5.97 Å². The van der Waals surface area contributed by atoms with E-state index in [0.29, 0.717) is 35.2 Å². The third-order valence-electron chi connectivity index (χ3n) is 6.60. The molecule has 0 aliphatic carbocycles. The molecule has 0 bridgehead atoms. The van der Waals surface area contributed by atoms with E-state index in [1.165, 1.54) is 12.8 Å². The maximum absolute atomic E-state index is 12.4. The summed E-state index contributed by atoms with van der Waals surface area (Å²) in [6.07, 6.45) is 27.2. The standard InChI is InChI=1S/C36H48O6/c1-6-7-8-9-10-11-12-13-14-15-16-17-18-19-20-21-35(37)42-31-25-24-29(26-32(31)38-2)22-23-30-27-33(39-3)36(41-5)34(28-30)40-4/h7-8,10-11,13-14,22-28H,6,9,12,15-21H2,1-5H3/b8-7-,11-10-,14-13-,23-22+. The van der Waals surface area contributed by atoms with Gasteiger partial charge in [-0.15, -0.1) is 0 Å². The molecule has 0 aliphatic heterocycles. The van der Waals surface area contributed by atoms with E-state index in [9.17, 15) is 4.79 Å². The molecule has 0 saturated heterocycles. The van der Waals surface area contributed by atoms with Crippen LogP contribution in [0.1, 0.15) is 82.3 Å². The predicted molar refractivity (Wildman–Crippen MR) is 173 cm³/mol. The van der Waals surface area contributed by atoms with Crippen molar-refractivity contribution in [3.63, 3.8) is 0 Å². The topological polar surface area (TPSA) is 63.2 Å². The number of benzene rings is 2. The van der Waals surface area contributed by atoms with Crippen molar-refractivity contribution in [2.24, 2.45) is 0 Å². The maximum Gasteiger partial charge on any atom is 0.311 e. The highest BCUT2D eigenvalue weighted by atomic mass is 16.6. The summed E-state index contributed by atoms with van der Waals surface area (Å²) in [7, 11) is 6.32. The Morgan fingerprint density at radius 1 is 0.619 bits per heavy atom. The van der Waals surface area contributed by atoms with E-state index >= 15 is 0 Å². The fourth-order valence-electron chi connectivity index (χ4n) is 4.32. The van der Waals surface area contributed by atoms with Crippen LogP contribution in [-0.2, 0) is 4.79 Å². The summed E-state index contributed by atoms with van der Waals surface area (Å²) >= 11 is 0. The summed E-state index contributed by atoms with van der Waals surface area (Å²) in [5, 5.41) is 0. The van der Waals surface area contributed by atoms with Gasteiger partial charge < -0.3 is 23.7 Å². The largest absolute Gasteiger partial charge is 0.493 e. The van der Waals surface area contributed by atoms with Gasteiger partial charge in [0.15, 0.2) is 23.0 Å². The van der Waals surface area contributed by atoms with Gasteiger partial charge in [0.2, 0.25) is 5.75 Å². The van der Waals surface area contributed by atoms with Crippen LogP contribution >= 0.6 is 0 Å². The predicted octanol–water partition coefficient (Wildman–Crippen LogP) is 9.39. The van der Waals surface area contributed by atoms with Crippen LogP contribution in [0.4, 0.5) is 0 Å². The van der Waals surface area contributed by atoms with Crippen molar-refractivity contribution in [3.05, 3.63) is 77.9 Å². The van der Waals surface area contributed by atoms with Gasteiger partial charge in [-0.05, 0) is 73.9 Å². The van der Waals surface area contributed by atoms with E-state index < -0.39 is 0 Å². The summed E-state index contributed by atoms with van der Waals surface area (Å²) < 4.78 is 27.3. The lowest BCUT2D eigenvalue weighted by molar-refractivity contribution is -0.134. The first-order valence-corrected chi connectivity index (χ1v) is 14.9. The van der Waals surface area contributed by atoms with Crippen LogP contribution in [0.15, 0.2) is 66.8 Å². The van der Waals surface area contributed by atoms with Crippen molar-refractivity contribution >= 4 is 18.1 Å². The van der Waals surface area contributed by atoms with Gasteiger partial charge >= 0.3 is 5.97 Å². The number of carbonyl (C=O) groups is 1. The van der Waals surface area contributed by atoms with Crippen molar-refractivity contribution in [3.8, 4) is 28.7 Å². The Balaban J connectivity index is 1.74. The number of hydrogen-bond acceptors (Lipinski definition) is 6. The van der Waals surface area contributed by atoms with E-state index in [2.05, 4.69) is 43.4 Å². The molecule has 0 aliphatic rings. The van der Waals surface area contributed by atoms with Crippen LogP contribution in [0.5, 0.6) is 28.7 Å². The molecule has 0 spiro atoms. The van der Waals surface area contributed by atoms with Gasteiger partial charge in [-0.2, -0.15) is 0 Å². The third-order valence-corrected chi connectivity index (χ3v) is 6.60. The number of allylic oxidation sites excluding steroid dienone is 6. The van der Waals surface area contributed by atoms with Gasteiger partial charge in [0.1, 0.15) is 0 Å². The Kier molecular flexibility index (Phi) is 17.0. The smallest absolute Gasteiger partial charge is 0.311 e. The molecule has 0 saturated carbocycles. The van der Waals surface area contributed by atoms with Crippen LogP contribution < -0.4 is 23.7 Å². The van der Waals surface area contributed by atoms with Crippen LogP contribution in [0.3, 0.4) is 0 Å². The van der Waals surface area contributed by atoms with E-state index in [1.54, 1.807) is 34.5 Å². The first-order chi connectivity index (χ1) is 20.6. The molecule has 0 atom stereocenters. The highest BCUT2D eigenvalue weighted by molar-refractivity contribution is 5.76. The Morgan fingerprint density at radius 2 is 1.19 bits per heavy atom. The fraction of sp³-hybridized carbons (Fsp3) is 0.417. The Morgan fingerprint density at radius 3 is 1.83 bits per heavy atom. The minimum atomic E-state index is -0.241. The van der Waals surface area contributed by atoms with E-state index in [1.807, 2.05) is 36.4 Å². The summed E-state index contributed by atoms with van der Waals surface area (Å²) in [5.74, 6) is 2.40. The average Bonchev–Trinajstić information content (AvgIpc) is 3.01. The Hall–Kier alpha value is -3.93. The number of hydrogen-bond donors (Lipinski definition) is 0. The number of unbranched alkanes of at least 4 members (excludes halogenated alkanes) is 5. The molecule has 6 nitrogen and oxygen atoms in total. The Bertz CT molecular complexity index is 1170. The zero-order chi connectivity index (χ0) is 30.4. The van der Waals surface area contributed by atoms with Crippen LogP contribution in [0.2, 0.25) is 0 Å². The van der Waals surface area contributed by atoms with Gasteiger partial charge in [0.05, 0.1) is 28.4 Å². The van der Waals surface area contributed by atoms with Gasteiger partial charge in [-0.25, -0.2) is 0 Å². The number of ether oxygens (including phenoxy) is 5. The molecular weight excluding hydrogens is 528 g/mol. The zero-order valence-electron chi connectivity index (χ0n) is 26.0. The van der Waals surface area contributed by atoms with Gasteiger partial charge in [0, 0.05) is 6.42 Å². The maximum atomic E-state index is 12.4. The number of methoxy groups -OCH3 is 4. The highest BCUT2D eigenvalue weighted by Crippen LogP contribution is 2.38. The minimum absolute atomic E-state index is 0.241. The van der Waals surface area contributed by atoms with Crippen molar-refractivity contribution in [2.45, 2.75) is 71.1 Å². The monoisotopic (exact) mass is 576 g/mol. The average molecular weight is 577 g/mol. The highest BCUT2D eigenvalue weighted by Gasteiger charge is 2.13. The SMILES string of the molecule is CC/C=C\C/C=C\C/C=C\CCCCCCCC(=O)Oc1ccc(/C=C/c2cc(OC)c(OC)c(OC)c2)cc1OC. The fourth-order valence-corrected chi connectivity index (χ4v) is 4.32. The molecule has 0 aromatic heterocycles. The van der Waals surface area contributed by atoms with Crippen molar-refractivity contribution in [1.82, 2.24) is 0 Å². The Labute approximate surface area is 252 Å². The normalized spacial score (nSPS) is 11.6. The quantitative estimate of drug-likeness (QED) is 0.0514. The molecule has 2 rings (SSSR count). The molecule has 0 radical (unpaired) electrons. The minimum Gasteiger partial charge on any atom is -0.493 e. The third kappa shape index (κ3) is 12.7. The molecule has 0 unspecified atom stereocenters. The molecule has 0 N–H and O–H groups in total. The molecule has 42 heavy (non-hydrogen) atoms. The summed E-state index contributed by atoms with van der Waals surface area (Å²) in [4.78, 5) is 12.4. The van der Waals surface area contributed by atoms with Crippen molar-refractivity contribution in [1.29, 1.82) is 0 Å².